The summed E-state index contributed by atoms with van der Waals surface area (Å²) < 4.78 is 24.9. The molecule has 1 nitrogen and oxygen atoms in total. The van der Waals surface area contributed by atoms with E-state index in [0.29, 0.717) is 6.21 Å². The molecule has 3 heteroatoms. The lowest BCUT2D eigenvalue weighted by Crippen LogP contribution is -1.91. The van der Waals surface area contributed by atoms with Gasteiger partial charge >= 0.3 is 0 Å². The summed E-state index contributed by atoms with van der Waals surface area (Å²) >= 11 is 0. The predicted octanol–water partition coefficient (Wildman–Crippen LogP) is 1.96. The van der Waals surface area contributed by atoms with Crippen molar-refractivity contribution in [1.82, 2.24) is 0 Å². The molecular formula is C7H5F2N. The summed E-state index contributed by atoms with van der Waals surface area (Å²) in [6.07, 6.45) is 0.657. The van der Waals surface area contributed by atoms with Gasteiger partial charge in [0.1, 0.15) is 11.6 Å². The van der Waals surface area contributed by atoms with E-state index in [1.165, 1.54) is 6.07 Å². The van der Waals surface area contributed by atoms with Crippen molar-refractivity contribution in [3.63, 3.8) is 0 Å². The Labute approximate surface area is 56.8 Å². The predicted molar refractivity (Wildman–Crippen MR) is 34.2 cm³/mol. The highest BCUT2D eigenvalue weighted by molar-refractivity contribution is 5.77. The number of nitrogens with one attached hydrogen (secondary N) is 1. The van der Waals surface area contributed by atoms with Gasteiger partial charge in [0.25, 0.3) is 0 Å². The van der Waals surface area contributed by atoms with Crippen molar-refractivity contribution in [1.29, 1.82) is 5.41 Å². The summed E-state index contributed by atoms with van der Waals surface area (Å²) in [6.45, 7) is 0. The summed E-state index contributed by atoms with van der Waals surface area (Å²) in [5.41, 5.74) is -0.289. The van der Waals surface area contributed by atoms with Crippen molar-refractivity contribution in [2.75, 3.05) is 0 Å². The second-order valence-corrected chi connectivity index (χ2v) is 1.78. The van der Waals surface area contributed by atoms with E-state index < -0.39 is 11.6 Å². The molecule has 0 aromatic heterocycles. The molecule has 0 aliphatic rings. The molecular weight excluding hydrogens is 136 g/mol. The van der Waals surface area contributed by atoms with Crippen LogP contribution >= 0.6 is 0 Å². The molecule has 0 heterocycles. The number of benzene rings is 1. The lowest BCUT2D eigenvalue weighted by molar-refractivity contribution is 0.580. The van der Waals surface area contributed by atoms with E-state index in [2.05, 4.69) is 0 Å². The number of hydrogen-bond donors (Lipinski definition) is 1. The maximum atomic E-state index is 12.5. The maximum Gasteiger partial charge on any atom is 0.134 e. The molecule has 0 amide bonds. The van der Waals surface area contributed by atoms with E-state index in [0.717, 1.165) is 12.1 Å². The molecule has 0 unspecified atom stereocenters. The third-order valence-electron chi connectivity index (χ3n) is 1.14. The van der Waals surface area contributed by atoms with Crippen LogP contribution in [0.15, 0.2) is 18.2 Å². The van der Waals surface area contributed by atoms with Crippen LogP contribution in [0.1, 0.15) is 5.56 Å². The van der Waals surface area contributed by atoms with Crippen molar-refractivity contribution in [2.24, 2.45) is 0 Å². The topological polar surface area (TPSA) is 23.9 Å². The SMILES string of the molecule is N=Cc1c(F)cccc1F. The second-order valence-electron chi connectivity index (χ2n) is 1.78. The standard InChI is InChI=1S/C7H5F2N/c8-6-2-1-3-7(9)5(6)4-10/h1-4,10H. The molecule has 0 saturated carbocycles. The molecule has 52 valence electrons. The monoisotopic (exact) mass is 141 g/mol. The fourth-order valence-electron chi connectivity index (χ4n) is 0.649. The number of hydrogen-bond acceptors (Lipinski definition) is 1. The van der Waals surface area contributed by atoms with Gasteiger partial charge in [-0.25, -0.2) is 8.78 Å². The van der Waals surface area contributed by atoms with Gasteiger partial charge in [0, 0.05) is 6.21 Å². The van der Waals surface area contributed by atoms with Gasteiger partial charge in [-0.15, -0.1) is 0 Å². The van der Waals surface area contributed by atoms with Crippen LogP contribution in [0.2, 0.25) is 0 Å². The zero-order valence-corrected chi connectivity index (χ0v) is 5.07. The third-order valence-corrected chi connectivity index (χ3v) is 1.14. The smallest absolute Gasteiger partial charge is 0.134 e. The zero-order valence-electron chi connectivity index (χ0n) is 5.07. The highest BCUT2D eigenvalue weighted by Gasteiger charge is 2.02. The average Bonchev–Trinajstić information content (AvgIpc) is 1.88. The lowest BCUT2D eigenvalue weighted by Gasteiger charge is -1.94. The number of halogens is 2. The molecule has 0 spiro atoms. The fraction of sp³-hybridized carbons (Fsp3) is 0. The number of rotatable bonds is 1. The van der Waals surface area contributed by atoms with Crippen LogP contribution in [-0.4, -0.2) is 6.21 Å². The van der Waals surface area contributed by atoms with Gasteiger partial charge in [-0.1, -0.05) is 6.07 Å². The van der Waals surface area contributed by atoms with Crippen LogP contribution in [0.3, 0.4) is 0 Å². The van der Waals surface area contributed by atoms with Crippen LogP contribution < -0.4 is 0 Å². The van der Waals surface area contributed by atoms with Crippen LogP contribution in [0.4, 0.5) is 8.78 Å². The molecule has 0 aliphatic carbocycles. The van der Waals surface area contributed by atoms with E-state index in [4.69, 9.17) is 5.41 Å². The van der Waals surface area contributed by atoms with Gasteiger partial charge in [0.15, 0.2) is 0 Å². The van der Waals surface area contributed by atoms with Gasteiger partial charge in [-0.3, -0.25) is 0 Å². The first-order valence-electron chi connectivity index (χ1n) is 2.70. The molecule has 1 rings (SSSR count). The highest BCUT2D eigenvalue weighted by Crippen LogP contribution is 2.08. The lowest BCUT2D eigenvalue weighted by atomic mass is 10.2. The Balaban J connectivity index is 3.30. The van der Waals surface area contributed by atoms with Crippen LogP contribution in [0.25, 0.3) is 0 Å². The summed E-state index contributed by atoms with van der Waals surface area (Å²) in [5, 5.41) is 6.62. The Bertz CT molecular complexity index is 238. The van der Waals surface area contributed by atoms with Crippen molar-refractivity contribution < 1.29 is 8.78 Å². The summed E-state index contributed by atoms with van der Waals surface area (Å²) in [4.78, 5) is 0. The minimum Gasteiger partial charge on any atom is -0.308 e. The van der Waals surface area contributed by atoms with Gasteiger partial charge < -0.3 is 5.41 Å². The molecule has 1 aromatic rings. The molecule has 0 aliphatic heterocycles. The first-order valence-corrected chi connectivity index (χ1v) is 2.70. The normalized spacial score (nSPS) is 9.40. The summed E-state index contributed by atoms with van der Waals surface area (Å²) in [5.74, 6) is -1.40. The van der Waals surface area contributed by atoms with Crippen molar-refractivity contribution in [2.45, 2.75) is 0 Å². The first-order chi connectivity index (χ1) is 4.75. The Kier molecular flexibility index (Phi) is 1.76. The van der Waals surface area contributed by atoms with E-state index in [1.807, 2.05) is 0 Å². The Morgan fingerprint density at radius 3 is 2.00 bits per heavy atom. The largest absolute Gasteiger partial charge is 0.308 e. The van der Waals surface area contributed by atoms with Gasteiger partial charge in [0.05, 0.1) is 5.56 Å². The molecule has 1 N–H and O–H groups in total. The quantitative estimate of drug-likeness (QED) is 0.578. The third kappa shape index (κ3) is 1.03. The van der Waals surface area contributed by atoms with Gasteiger partial charge in [-0.2, -0.15) is 0 Å². The van der Waals surface area contributed by atoms with Crippen molar-refractivity contribution in [3.05, 3.63) is 35.4 Å². The van der Waals surface area contributed by atoms with Crippen LogP contribution in [0.5, 0.6) is 0 Å². The first kappa shape index (κ1) is 6.86. The second kappa shape index (κ2) is 2.56. The van der Waals surface area contributed by atoms with E-state index in [9.17, 15) is 8.78 Å². The Morgan fingerprint density at radius 1 is 1.20 bits per heavy atom. The van der Waals surface area contributed by atoms with E-state index >= 15 is 0 Å². The molecule has 0 atom stereocenters. The minimum absolute atomic E-state index is 0.289. The molecule has 0 bridgehead atoms. The Hall–Kier alpha value is -1.25. The maximum absolute atomic E-state index is 12.5. The highest BCUT2D eigenvalue weighted by atomic mass is 19.1. The zero-order chi connectivity index (χ0) is 7.56. The molecule has 0 saturated heterocycles. The van der Waals surface area contributed by atoms with Crippen molar-refractivity contribution in [3.8, 4) is 0 Å². The fourth-order valence-corrected chi connectivity index (χ4v) is 0.649. The molecule has 10 heavy (non-hydrogen) atoms. The van der Waals surface area contributed by atoms with Crippen LogP contribution in [-0.2, 0) is 0 Å². The van der Waals surface area contributed by atoms with Gasteiger partial charge in [0.2, 0.25) is 0 Å². The molecule has 0 fully saturated rings. The Morgan fingerprint density at radius 2 is 1.70 bits per heavy atom. The van der Waals surface area contributed by atoms with Gasteiger partial charge in [-0.05, 0) is 12.1 Å². The minimum atomic E-state index is -0.699. The van der Waals surface area contributed by atoms with Crippen molar-refractivity contribution >= 4 is 6.21 Å². The van der Waals surface area contributed by atoms with Crippen LogP contribution in [0, 0.1) is 17.0 Å². The molecule has 0 radical (unpaired) electrons. The molecule has 1 aromatic carbocycles. The van der Waals surface area contributed by atoms with E-state index in [-0.39, 0.29) is 5.56 Å². The van der Waals surface area contributed by atoms with E-state index in [1.54, 1.807) is 0 Å². The average molecular weight is 141 g/mol. The summed E-state index contributed by atoms with van der Waals surface area (Å²) in [6, 6.07) is 3.49. The summed E-state index contributed by atoms with van der Waals surface area (Å²) in [7, 11) is 0.